The predicted molar refractivity (Wildman–Crippen MR) is 88.1 cm³/mol. The average Bonchev–Trinajstić information content (AvgIpc) is 2.92. The average molecular weight is 280 g/mol. The van der Waals surface area contributed by atoms with Crippen LogP contribution in [0.2, 0.25) is 0 Å². The molecule has 0 aliphatic rings. The van der Waals surface area contributed by atoms with Gasteiger partial charge in [0.2, 0.25) is 0 Å². The molecule has 0 aliphatic heterocycles. The first kappa shape index (κ1) is 12.9. The number of nitrogens with one attached hydrogen (secondary N) is 2. The fraction of sp³-hybridized carbons (Fsp3) is 0.118. The van der Waals surface area contributed by atoms with Crippen LogP contribution in [0.3, 0.4) is 0 Å². The van der Waals surface area contributed by atoms with Gasteiger partial charge < -0.3 is 10.3 Å². The molecular formula is C17H16N2S. The van der Waals surface area contributed by atoms with Gasteiger partial charge in [0.25, 0.3) is 0 Å². The van der Waals surface area contributed by atoms with Crippen LogP contribution in [0, 0.1) is 0 Å². The van der Waals surface area contributed by atoms with Gasteiger partial charge >= 0.3 is 0 Å². The highest BCUT2D eigenvalue weighted by Crippen LogP contribution is 2.17. The van der Waals surface area contributed by atoms with E-state index in [-0.39, 0.29) is 0 Å². The van der Waals surface area contributed by atoms with Crippen LogP contribution in [-0.2, 0) is 6.42 Å². The highest BCUT2D eigenvalue weighted by atomic mass is 32.1. The van der Waals surface area contributed by atoms with Gasteiger partial charge in [-0.05, 0) is 18.1 Å². The quantitative estimate of drug-likeness (QED) is 0.714. The maximum absolute atomic E-state index is 5.49. The zero-order valence-corrected chi connectivity index (χ0v) is 11.9. The first-order chi connectivity index (χ1) is 9.84. The van der Waals surface area contributed by atoms with Crippen LogP contribution in [0.15, 0.2) is 60.8 Å². The normalized spacial score (nSPS) is 10.6. The van der Waals surface area contributed by atoms with Crippen molar-refractivity contribution < 1.29 is 0 Å². The van der Waals surface area contributed by atoms with E-state index < -0.39 is 0 Å². The zero-order chi connectivity index (χ0) is 13.8. The van der Waals surface area contributed by atoms with Crippen molar-refractivity contribution >= 4 is 28.1 Å². The summed E-state index contributed by atoms with van der Waals surface area (Å²) in [7, 11) is 0. The van der Waals surface area contributed by atoms with Crippen molar-refractivity contribution in [2.24, 2.45) is 0 Å². The van der Waals surface area contributed by atoms with Gasteiger partial charge in [-0.25, -0.2) is 0 Å². The van der Waals surface area contributed by atoms with Crippen LogP contribution in [0.1, 0.15) is 11.1 Å². The number of H-pyrrole nitrogens is 1. The molecule has 100 valence electrons. The molecule has 0 spiro atoms. The Morgan fingerprint density at radius 3 is 2.60 bits per heavy atom. The minimum atomic E-state index is 0.804. The Bertz CT molecular complexity index is 716. The molecule has 3 aromatic rings. The van der Waals surface area contributed by atoms with Gasteiger partial charge in [0, 0.05) is 29.2 Å². The number of thiocarbonyl (C=S) groups is 1. The largest absolute Gasteiger partial charge is 0.375 e. The lowest BCUT2D eigenvalue weighted by Crippen LogP contribution is -2.24. The van der Waals surface area contributed by atoms with Crippen LogP contribution in [0.4, 0.5) is 0 Å². The molecule has 3 rings (SSSR count). The molecule has 0 saturated carbocycles. The SMILES string of the molecule is S=C(NCCc1ccccc1)c1c[nH]c2ccccc12. The standard InChI is InChI=1S/C17H16N2S/c20-17(18-11-10-13-6-2-1-3-7-13)15-12-19-16-9-5-4-8-14(15)16/h1-9,12,19H,10-11H2,(H,18,20). The molecule has 0 saturated heterocycles. The van der Waals surface area contributed by atoms with Crippen LogP contribution < -0.4 is 5.32 Å². The zero-order valence-electron chi connectivity index (χ0n) is 11.1. The highest BCUT2D eigenvalue weighted by Gasteiger charge is 2.07. The summed E-state index contributed by atoms with van der Waals surface area (Å²) in [4.78, 5) is 4.05. The second-order valence-electron chi connectivity index (χ2n) is 4.74. The predicted octanol–water partition coefficient (Wildman–Crippen LogP) is 3.68. The molecule has 20 heavy (non-hydrogen) atoms. The Kier molecular flexibility index (Phi) is 3.79. The Balaban J connectivity index is 1.65. The van der Waals surface area contributed by atoms with Crippen LogP contribution in [0.5, 0.6) is 0 Å². The van der Waals surface area contributed by atoms with E-state index in [0.717, 1.165) is 29.0 Å². The molecule has 0 unspecified atom stereocenters. The number of para-hydroxylation sites is 1. The van der Waals surface area contributed by atoms with E-state index in [2.05, 4.69) is 46.7 Å². The first-order valence-corrected chi connectivity index (χ1v) is 7.13. The summed E-state index contributed by atoms with van der Waals surface area (Å²) in [5.74, 6) is 0. The third-order valence-corrected chi connectivity index (χ3v) is 3.74. The third kappa shape index (κ3) is 2.73. The smallest absolute Gasteiger partial charge is 0.108 e. The summed E-state index contributed by atoms with van der Waals surface area (Å²) in [6.45, 7) is 0.850. The number of rotatable bonds is 4. The molecule has 3 heteroatoms. The van der Waals surface area contributed by atoms with Crippen molar-refractivity contribution in [3.05, 3.63) is 71.9 Å². The molecule has 1 heterocycles. The van der Waals surface area contributed by atoms with Gasteiger partial charge in [0.1, 0.15) is 4.99 Å². The molecule has 0 fully saturated rings. The summed E-state index contributed by atoms with van der Waals surface area (Å²) in [5.41, 5.74) is 3.51. The maximum Gasteiger partial charge on any atom is 0.108 e. The lowest BCUT2D eigenvalue weighted by Gasteiger charge is -2.07. The lowest BCUT2D eigenvalue weighted by atomic mass is 10.1. The number of aromatic amines is 1. The number of benzene rings is 2. The summed E-state index contributed by atoms with van der Waals surface area (Å²) in [6, 6.07) is 18.6. The van der Waals surface area contributed by atoms with E-state index in [4.69, 9.17) is 12.2 Å². The molecule has 0 aliphatic carbocycles. The minimum Gasteiger partial charge on any atom is -0.375 e. The van der Waals surface area contributed by atoms with Crippen LogP contribution in [-0.4, -0.2) is 16.5 Å². The van der Waals surface area contributed by atoms with E-state index in [1.165, 1.54) is 10.9 Å². The number of hydrogen-bond donors (Lipinski definition) is 2. The second-order valence-corrected chi connectivity index (χ2v) is 5.15. The Morgan fingerprint density at radius 2 is 1.75 bits per heavy atom. The van der Waals surface area contributed by atoms with E-state index in [0.29, 0.717) is 0 Å². The molecule has 2 N–H and O–H groups in total. The van der Waals surface area contributed by atoms with Crippen LogP contribution >= 0.6 is 12.2 Å². The molecule has 0 atom stereocenters. The molecule has 2 aromatic carbocycles. The van der Waals surface area contributed by atoms with Crippen molar-refractivity contribution in [2.75, 3.05) is 6.54 Å². The number of hydrogen-bond acceptors (Lipinski definition) is 1. The van der Waals surface area contributed by atoms with Gasteiger partial charge in [0.15, 0.2) is 0 Å². The van der Waals surface area contributed by atoms with Gasteiger partial charge in [-0.1, -0.05) is 60.7 Å². The van der Waals surface area contributed by atoms with Gasteiger partial charge in [0.05, 0.1) is 0 Å². The van der Waals surface area contributed by atoms with Crippen molar-refractivity contribution in [3.8, 4) is 0 Å². The van der Waals surface area contributed by atoms with Gasteiger partial charge in [-0.3, -0.25) is 0 Å². The van der Waals surface area contributed by atoms with Crippen LogP contribution in [0.25, 0.3) is 10.9 Å². The van der Waals surface area contributed by atoms with E-state index in [9.17, 15) is 0 Å². The highest BCUT2D eigenvalue weighted by molar-refractivity contribution is 7.80. The molecule has 1 aromatic heterocycles. The summed E-state index contributed by atoms with van der Waals surface area (Å²) >= 11 is 5.49. The second kappa shape index (κ2) is 5.88. The van der Waals surface area contributed by atoms with Crippen molar-refractivity contribution in [1.82, 2.24) is 10.3 Å². The molecule has 0 bridgehead atoms. The Hall–Kier alpha value is -2.13. The van der Waals surface area contributed by atoms with Crippen molar-refractivity contribution in [2.45, 2.75) is 6.42 Å². The topological polar surface area (TPSA) is 27.8 Å². The summed E-state index contributed by atoms with van der Waals surface area (Å²) in [6.07, 6.45) is 2.95. The molecular weight excluding hydrogens is 264 g/mol. The van der Waals surface area contributed by atoms with Crippen molar-refractivity contribution in [1.29, 1.82) is 0 Å². The molecule has 0 amide bonds. The Labute approximate surface area is 123 Å². The first-order valence-electron chi connectivity index (χ1n) is 6.73. The summed E-state index contributed by atoms with van der Waals surface area (Å²) in [5, 5.41) is 4.51. The molecule has 2 nitrogen and oxygen atoms in total. The minimum absolute atomic E-state index is 0.804. The van der Waals surface area contributed by atoms with E-state index in [1.54, 1.807) is 0 Å². The summed E-state index contributed by atoms with van der Waals surface area (Å²) < 4.78 is 0. The number of aromatic nitrogens is 1. The Morgan fingerprint density at radius 1 is 1.00 bits per heavy atom. The fourth-order valence-electron chi connectivity index (χ4n) is 2.32. The van der Waals surface area contributed by atoms with E-state index >= 15 is 0 Å². The fourth-order valence-corrected chi connectivity index (χ4v) is 2.59. The van der Waals surface area contributed by atoms with Gasteiger partial charge in [-0.15, -0.1) is 0 Å². The monoisotopic (exact) mass is 280 g/mol. The lowest BCUT2D eigenvalue weighted by molar-refractivity contribution is 0.876. The molecule has 0 radical (unpaired) electrons. The van der Waals surface area contributed by atoms with E-state index in [1.807, 2.05) is 24.4 Å². The third-order valence-electron chi connectivity index (χ3n) is 3.38. The van der Waals surface area contributed by atoms with Crippen molar-refractivity contribution in [3.63, 3.8) is 0 Å². The van der Waals surface area contributed by atoms with Gasteiger partial charge in [-0.2, -0.15) is 0 Å². The maximum atomic E-state index is 5.49. The number of fused-ring (bicyclic) bond motifs is 1.